The van der Waals surface area contributed by atoms with Gasteiger partial charge in [-0.2, -0.15) is 10.2 Å². The molecule has 188 valence electrons. The summed E-state index contributed by atoms with van der Waals surface area (Å²) >= 11 is 2.27. The minimum Gasteiger partial charge on any atom is -0.483 e. The standard InChI is InChI=1S/C26H29IN6O3/c1-16-23-17(2)33(30-24(23)25(29-28-16)31(3)4)20-11-6-7-12-22(20)36-21(13-14-32(5)26(34)35)18-9-8-10-19(27)15-18/h6-12,15,21H,13-14H2,1-5H3,(H,34,35). The first-order valence-electron chi connectivity index (χ1n) is 11.5. The average molecular weight is 600 g/mol. The quantitative estimate of drug-likeness (QED) is 0.277. The van der Waals surface area contributed by atoms with Gasteiger partial charge in [0.1, 0.15) is 23.1 Å². The Balaban J connectivity index is 1.78. The van der Waals surface area contributed by atoms with Gasteiger partial charge in [0.2, 0.25) is 0 Å². The monoisotopic (exact) mass is 600 g/mol. The Labute approximate surface area is 223 Å². The number of hydrogen-bond acceptors (Lipinski definition) is 6. The zero-order valence-corrected chi connectivity index (χ0v) is 23.1. The number of carboxylic acid groups (broad SMARTS) is 1. The summed E-state index contributed by atoms with van der Waals surface area (Å²) < 4.78 is 9.56. The maximum atomic E-state index is 11.4. The van der Waals surface area contributed by atoms with Crippen molar-refractivity contribution in [2.24, 2.45) is 0 Å². The molecule has 0 aliphatic heterocycles. The highest BCUT2D eigenvalue weighted by Crippen LogP contribution is 2.34. The van der Waals surface area contributed by atoms with E-state index in [9.17, 15) is 9.90 Å². The Morgan fingerprint density at radius 2 is 1.86 bits per heavy atom. The van der Waals surface area contributed by atoms with E-state index in [4.69, 9.17) is 9.84 Å². The highest BCUT2D eigenvalue weighted by atomic mass is 127. The first-order valence-corrected chi connectivity index (χ1v) is 12.6. The molecule has 0 spiro atoms. The molecule has 1 atom stereocenters. The molecule has 0 bridgehead atoms. The number of carbonyl (C=O) groups is 1. The first kappa shape index (κ1) is 25.7. The van der Waals surface area contributed by atoms with Gasteiger partial charge in [-0.25, -0.2) is 9.48 Å². The van der Waals surface area contributed by atoms with Gasteiger partial charge in [0.05, 0.1) is 16.8 Å². The topological polar surface area (TPSA) is 96.6 Å². The summed E-state index contributed by atoms with van der Waals surface area (Å²) in [6, 6.07) is 15.8. The number of amides is 1. The summed E-state index contributed by atoms with van der Waals surface area (Å²) in [6.45, 7) is 4.28. The Hall–Kier alpha value is -3.41. The summed E-state index contributed by atoms with van der Waals surface area (Å²) in [5.74, 6) is 1.35. The lowest BCUT2D eigenvalue weighted by atomic mass is 10.1. The molecule has 0 saturated heterocycles. The van der Waals surface area contributed by atoms with Crippen molar-refractivity contribution < 1.29 is 14.6 Å². The third kappa shape index (κ3) is 5.23. The lowest BCUT2D eigenvalue weighted by Crippen LogP contribution is -2.27. The molecular formula is C26H29IN6O3. The molecule has 4 rings (SSSR count). The van der Waals surface area contributed by atoms with Crippen LogP contribution < -0.4 is 9.64 Å². The Morgan fingerprint density at radius 3 is 2.56 bits per heavy atom. The van der Waals surface area contributed by atoms with Crippen LogP contribution in [0, 0.1) is 17.4 Å². The lowest BCUT2D eigenvalue weighted by Gasteiger charge is -2.24. The number of para-hydroxylation sites is 2. The average Bonchev–Trinajstić information content (AvgIpc) is 3.19. The van der Waals surface area contributed by atoms with Crippen molar-refractivity contribution in [3.8, 4) is 11.4 Å². The number of halogens is 1. The lowest BCUT2D eigenvalue weighted by molar-refractivity contribution is 0.140. The minimum atomic E-state index is -0.968. The molecule has 36 heavy (non-hydrogen) atoms. The molecule has 2 aromatic heterocycles. The number of hydrogen-bond donors (Lipinski definition) is 1. The van der Waals surface area contributed by atoms with Gasteiger partial charge < -0.3 is 19.6 Å². The fourth-order valence-corrected chi connectivity index (χ4v) is 4.71. The van der Waals surface area contributed by atoms with Gasteiger partial charge >= 0.3 is 6.09 Å². The number of benzene rings is 2. The smallest absolute Gasteiger partial charge is 0.407 e. The van der Waals surface area contributed by atoms with Gasteiger partial charge in [-0.3, -0.25) is 0 Å². The second-order valence-electron chi connectivity index (χ2n) is 8.85. The molecule has 2 heterocycles. The normalized spacial score (nSPS) is 11.9. The summed E-state index contributed by atoms with van der Waals surface area (Å²) in [5.41, 5.74) is 4.30. The van der Waals surface area contributed by atoms with Crippen molar-refractivity contribution in [2.45, 2.75) is 26.4 Å². The van der Waals surface area contributed by atoms with Crippen molar-refractivity contribution in [1.29, 1.82) is 0 Å². The van der Waals surface area contributed by atoms with Gasteiger partial charge in [0.15, 0.2) is 5.82 Å². The maximum Gasteiger partial charge on any atom is 0.407 e. The van der Waals surface area contributed by atoms with E-state index in [0.29, 0.717) is 24.5 Å². The predicted octanol–water partition coefficient (Wildman–Crippen LogP) is 5.22. The van der Waals surface area contributed by atoms with Gasteiger partial charge in [0.25, 0.3) is 0 Å². The van der Waals surface area contributed by atoms with Crippen LogP contribution in [0.15, 0.2) is 48.5 Å². The van der Waals surface area contributed by atoms with E-state index in [1.807, 2.05) is 80.0 Å². The van der Waals surface area contributed by atoms with Crippen LogP contribution in [0.5, 0.6) is 5.75 Å². The zero-order valence-electron chi connectivity index (χ0n) is 20.9. The van der Waals surface area contributed by atoms with Crippen molar-refractivity contribution in [1.82, 2.24) is 24.9 Å². The van der Waals surface area contributed by atoms with E-state index in [1.54, 1.807) is 7.05 Å². The van der Waals surface area contributed by atoms with Crippen LogP contribution in [0.25, 0.3) is 16.6 Å². The Kier molecular flexibility index (Phi) is 7.62. The van der Waals surface area contributed by atoms with Crippen LogP contribution in [0.3, 0.4) is 0 Å². The molecule has 0 aliphatic rings. The number of ether oxygens (including phenoxy) is 1. The third-order valence-corrected chi connectivity index (χ3v) is 6.72. The number of fused-ring (bicyclic) bond motifs is 1. The number of anilines is 1. The molecule has 1 amide bonds. The molecule has 9 nitrogen and oxygen atoms in total. The molecule has 10 heteroatoms. The molecule has 0 saturated carbocycles. The maximum absolute atomic E-state index is 11.4. The van der Waals surface area contributed by atoms with E-state index in [-0.39, 0.29) is 6.10 Å². The highest BCUT2D eigenvalue weighted by Gasteiger charge is 2.22. The van der Waals surface area contributed by atoms with Crippen LogP contribution in [-0.4, -0.2) is 63.8 Å². The zero-order chi connectivity index (χ0) is 26.0. The van der Waals surface area contributed by atoms with Gasteiger partial charge in [0, 0.05) is 37.7 Å². The first-order chi connectivity index (χ1) is 17.2. The van der Waals surface area contributed by atoms with Crippen LogP contribution in [-0.2, 0) is 0 Å². The van der Waals surface area contributed by atoms with Crippen molar-refractivity contribution in [3.63, 3.8) is 0 Å². The van der Waals surface area contributed by atoms with Crippen LogP contribution in [0.1, 0.15) is 29.5 Å². The van der Waals surface area contributed by atoms with Crippen LogP contribution in [0.2, 0.25) is 0 Å². The molecule has 4 aromatic rings. The summed E-state index contributed by atoms with van der Waals surface area (Å²) in [6.07, 6.45) is -0.824. The van der Waals surface area contributed by atoms with E-state index < -0.39 is 6.09 Å². The third-order valence-electron chi connectivity index (χ3n) is 6.04. The molecule has 1 unspecified atom stereocenters. The summed E-state index contributed by atoms with van der Waals surface area (Å²) in [7, 11) is 5.40. The largest absolute Gasteiger partial charge is 0.483 e. The minimum absolute atomic E-state index is 0.334. The van der Waals surface area contributed by atoms with Crippen molar-refractivity contribution >= 4 is 45.4 Å². The molecule has 2 aromatic carbocycles. The van der Waals surface area contributed by atoms with Gasteiger partial charge in [-0.15, -0.1) is 5.10 Å². The van der Waals surface area contributed by atoms with E-state index >= 15 is 0 Å². The Bertz CT molecular complexity index is 1400. The van der Waals surface area contributed by atoms with Gasteiger partial charge in [-0.05, 0) is 66.3 Å². The summed E-state index contributed by atoms with van der Waals surface area (Å²) in [4.78, 5) is 14.6. The Morgan fingerprint density at radius 1 is 1.11 bits per heavy atom. The van der Waals surface area contributed by atoms with Crippen molar-refractivity contribution in [2.75, 3.05) is 32.6 Å². The molecule has 0 fully saturated rings. The molecule has 1 N–H and O–H groups in total. The van der Waals surface area contributed by atoms with E-state index in [0.717, 1.165) is 37.1 Å². The number of aromatic nitrogens is 4. The SMILES string of the molecule is Cc1nnc(N(C)C)c2nn(-c3ccccc3OC(CCN(C)C(=O)O)c3cccc(I)c3)c(C)c12. The molecule has 0 aliphatic carbocycles. The molecule has 0 radical (unpaired) electrons. The van der Waals surface area contributed by atoms with Crippen LogP contribution >= 0.6 is 22.6 Å². The van der Waals surface area contributed by atoms with Crippen molar-refractivity contribution in [3.05, 3.63) is 69.1 Å². The fraction of sp³-hybridized carbons (Fsp3) is 0.308. The number of nitrogens with zero attached hydrogens (tertiary/aromatic N) is 6. The summed E-state index contributed by atoms with van der Waals surface area (Å²) in [5, 5.41) is 23.9. The number of aryl methyl sites for hydroxylation is 2. The van der Waals surface area contributed by atoms with Gasteiger partial charge in [-0.1, -0.05) is 24.3 Å². The highest BCUT2D eigenvalue weighted by molar-refractivity contribution is 14.1. The van der Waals surface area contributed by atoms with Crippen LogP contribution in [0.4, 0.5) is 10.6 Å². The second-order valence-corrected chi connectivity index (χ2v) is 10.1. The van der Waals surface area contributed by atoms with E-state index in [2.05, 4.69) is 38.9 Å². The second kappa shape index (κ2) is 10.7. The predicted molar refractivity (Wildman–Crippen MR) is 148 cm³/mol. The molecular weight excluding hydrogens is 571 g/mol. The number of rotatable bonds is 8. The van der Waals surface area contributed by atoms with E-state index in [1.165, 1.54) is 4.90 Å². The fourth-order valence-electron chi connectivity index (χ4n) is 4.14.